The van der Waals surface area contributed by atoms with Gasteiger partial charge in [-0.05, 0) is 63.2 Å². The molecule has 5 heteroatoms. The molecule has 208 valence electrons. The molecule has 0 rings (SSSR count). The van der Waals surface area contributed by atoms with Gasteiger partial charge in [0.15, 0.2) is 0 Å². The monoisotopic (exact) mass is 506 g/mol. The molecule has 0 aliphatic carbocycles. The van der Waals surface area contributed by atoms with E-state index in [1.807, 2.05) is 0 Å². The fourth-order valence-electron chi connectivity index (χ4n) is 4.75. The van der Waals surface area contributed by atoms with Crippen molar-refractivity contribution in [3.8, 4) is 0 Å². The SMILES string of the molecule is CC(=O)CC(=O)CC(=O)C(=O)OCCCCCCCC/C=C\CCCCCCCC(C(C)C)C(C)C. The molecule has 5 nitrogen and oxygen atoms in total. The Bertz CT molecular complexity index is 639. The summed E-state index contributed by atoms with van der Waals surface area (Å²) in [5.74, 6) is -0.218. The average Bonchev–Trinajstić information content (AvgIpc) is 2.79. The van der Waals surface area contributed by atoms with Crippen LogP contribution in [0.1, 0.15) is 137 Å². The van der Waals surface area contributed by atoms with Crippen LogP contribution in [0.3, 0.4) is 0 Å². The van der Waals surface area contributed by atoms with E-state index in [0.717, 1.165) is 49.9 Å². The van der Waals surface area contributed by atoms with Gasteiger partial charge in [-0.25, -0.2) is 4.79 Å². The van der Waals surface area contributed by atoms with Crippen molar-refractivity contribution in [1.29, 1.82) is 0 Å². The van der Waals surface area contributed by atoms with Gasteiger partial charge in [-0.3, -0.25) is 14.4 Å². The molecule has 0 aliphatic rings. The molecule has 0 aromatic carbocycles. The first-order chi connectivity index (χ1) is 17.1. The molecule has 0 aromatic heterocycles. The van der Waals surface area contributed by atoms with Crippen molar-refractivity contribution in [3.63, 3.8) is 0 Å². The highest BCUT2D eigenvalue weighted by molar-refractivity contribution is 6.37. The molecule has 0 radical (unpaired) electrons. The van der Waals surface area contributed by atoms with Crippen molar-refractivity contribution in [3.05, 3.63) is 12.2 Å². The summed E-state index contributed by atoms with van der Waals surface area (Å²) in [7, 11) is 0. The summed E-state index contributed by atoms with van der Waals surface area (Å²) >= 11 is 0. The highest BCUT2D eigenvalue weighted by atomic mass is 16.5. The minimum atomic E-state index is -0.972. The van der Waals surface area contributed by atoms with Crippen LogP contribution in [0.15, 0.2) is 12.2 Å². The molecule has 0 atom stereocenters. The molecule has 0 N–H and O–H groups in total. The van der Waals surface area contributed by atoms with Crippen LogP contribution in [0.5, 0.6) is 0 Å². The normalized spacial score (nSPS) is 11.7. The number of ketones is 3. The van der Waals surface area contributed by atoms with E-state index in [0.29, 0.717) is 0 Å². The number of ether oxygens (including phenoxy) is 1. The lowest BCUT2D eigenvalue weighted by molar-refractivity contribution is -0.154. The molecule has 0 fully saturated rings. The summed E-state index contributed by atoms with van der Waals surface area (Å²) in [5, 5.41) is 0. The highest BCUT2D eigenvalue weighted by Gasteiger charge is 2.20. The molecular formula is C31H54O5. The minimum absolute atomic E-state index is 0.199. The Morgan fingerprint density at radius 1 is 0.639 bits per heavy atom. The maximum absolute atomic E-state index is 11.6. The summed E-state index contributed by atoms with van der Waals surface area (Å²) in [4.78, 5) is 45.4. The van der Waals surface area contributed by atoms with Crippen LogP contribution in [-0.4, -0.2) is 29.9 Å². The Morgan fingerprint density at radius 2 is 1.11 bits per heavy atom. The number of hydrogen-bond acceptors (Lipinski definition) is 5. The second kappa shape index (κ2) is 22.4. The van der Waals surface area contributed by atoms with Gasteiger partial charge in [0.25, 0.3) is 0 Å². The maximum Gasteiger partial charge on any atom is 0.375 e. The number of unbranched alkanes of at least 4 members (excludes halogenated alkanes) is 11. The Morgan fingerprint density at radius 3 is 1.61 bits per heavy atom. The van der Waals surface area contributed by atoms with Crippen molar-refractivity contribution < 1.29 is 23.9 Å². The van der Waals surface area contributed by atoms with E-state index in [9.17, 15) is 19.2 Å². The van der Waals surface area contributed by atoms with Crippen molar-refractivity contribution in [2.45, 2.75) is 137 Å². The fraction of sp³-hybridized carbons (Fsp3) is 0.806. The number of carbonyl (C=O) groups is 4. The van der Waals surface area contributed by atoms with Gasteiger partial charge in [0.05, 0.1) is 19.4 Å². The summed E-state index contributed by atoms with van der Waals surface area (Å²) < 4.78 is 4.92. The van der Waals surface area contributed by atoms with E-state index in [2.05, 4.69) is 39.8 Å². The Hall–Kier alpha value is -1.78. The van der Waals surface area contributed by atoms with Gasteiger partial charge in [0.2, 0.25) is 5.78 Å². The lowest BCUT2D eigenvalue weighted by Gasteiger charge is -2.24. The summed E-state index contributed by atoms with van der Waals surface area (Å²) in [6.07, 6.45) is 20.7. The van der Waals surface area contributed by atoms with E-state index < -0.39 is 24.0 Å². The number of hydrogen-bond donors (Lipinski definition) is 0. The molecule has 36 heavy (non-hydrogen) atoms. The van der Waals surface area contributed by atoms with E-state index >= 15 is 0 Å². The van der Waals surface area contributed by atoms with Crippen molar-refractivity contribution in [1.82, 2.24) is 0 Å². The number of Topliss-reactive ketones (excluding diaryl/α,β-unsaturated/α-hetero) is 3. The van der Waals surface area contributed by atoms with Gasteiger partial charge in [-0.15, -0.1) is 0 Å². The van der Waals surface area contributed by atoms with Crippen LogP contribution >= 0.6 is 0 Å². The Labute approximate surface area is 221 Å². The molecule has 0 saturated carbocycles. The predicted molar refractivity (Wildman–Crippen MR) is 148 cm³/mol. The minimum Gasteiger partial charge on any atom is -0.460 e. The third-order valence-electron chi connectivity index (χ3n) is 6.82. The predicted octanol–water partition coefficient (Wildman–Crippen LogP) is 7.98. The average molecular weight is 507 g/mol. The van der Waals surface area contributed by atoms with Crippen LogP contribution in [0.4, 0.5) is 0 Å². The first kappa shape index (κ1) is 34.2. The molecule has 0 bridgehead atoms. The number of allylic oxidation sites excluding steroid dienone is 2. The van der Waals surface area contributed by atoms with Gasteiger partial charge in [0, 0.05) is 0 Å². The quantitative estimate of drug-likeness (QED) is 0.0436. The highest BCUT2D eigenvalue weighted by Crippen LogP contribution is 2.26. The van der Waals surface area contributed by atoms with Gasteiger partial charge in [0.1, 0.15) is 11.6 Å². The molecule has 0 heterocycles. The molecule has 0 spiro atoms. The maximum atomic E-state index is 11.6. The zero-order valence-electron chi connectivity index (χ0n) is 23.9. The summed E-state index contributed by atoms with van der Waals surface area (Å²) in [6.45, 7) is 10.9. The lowest BCUT2D eigenvalue weighted by Crippen LogP contribution is -2.21. The van der Waals surface area contributed by atoms with Gasteiger partial charge in [-0.2, -0.15) is 0 Å². The Kier molecular flexibility index (Phi) is 21.3. The fourth-order valence-corrected chi connectivity index (χ4v) is 4.75. The Balaban J connectivity index is 3.48. The lowest BCUT2D eigenvalue weighted by atomic mass is 9.81. The molecule has 0 unspecified atom stereocenters. The van der Waals surface area contributed by atoms with Gasteiger partial charge in [-0.1, -0.05) is 91.2 Å². The first-order valence-electron chi connectivity index (χ1n) is 14.5. The topological polar surface area (TPSA) is 77.5 Å². The summed E-state index contributed by atoms with van der Waals surface area (Å²) in [5.41, 5.74) is 0. The van der Waals surface area contributed by atoms with Crippen LogP contribution in [0.2, 0.25) is 0 Å². The van der Waals surface area contributed by atoms with Crippen LogP contribution in [0, 0.1) is 17.8 Å². The number of rotatable bonds is 24. The molecule has 0 amide bonds. The van der Waals surface area contributed by atoms with E-state index in [1.165, 1.54) is 64.7 Å². The number of carbonyl (C=O) groups excluding carboxylic acids is 4. The van der Waals surface area contributed by atoms with E-state index in [-0.39, 0.29) is 18.8 Å². The summed E-state index contributed by atoms with van der Waals surface area (Å²) in [6, 6.07) is 0. The molecule has 0 saturated heterocycles. The van der Waals surface area contributed by atoms with Crippen molar-refractivity contribution >= 4 is 23.3 Å². The third-order valence-corrected chi connectivity index (χ3v) is 6.82. The number of esters is 1. The smallest absolute Gasteiger partial charge is 0.375 e. The van der Waals surface area contributed by atoms with E-state index in [4.69, 9.17) is 4.74 Å². The van der Waals surface area contributed by atoms with Crippen LogP contribution < -0.4 is 0 Å². The van der Waals surface area contributed by atoms with Gasteiger partial charge >= 0.3 is 5.97 Å². The van der Waals surface area contributed by atoms with Gasteiger partial charge < -0.3 is 4.74 Å². The zero-order valence-corrected chi connectivity index (χ0v) is 23.9. The van der Waals surface area contributed by atoms with Crippen molar-refractivity contribution in [2.75, 3.05) is 6.61 Å². The van der Waals surface area contributed by atoms with Crippen molar-refractivity contribution in [2.24, 2.45) is 17.8 Å². The zero-order chi connectivity index (χ0) is 27.2. The first-order valence-corrected chi connectivity index (χ1v) is 14.5. The largest absolute Gasteiger partial charge is 0.460 e. The second-order valence-electron chi connectivity index (χ2n) is 11.0. The molecule has 0 aromatic rings. The van der Waals surface area contributed by atoms with Crippen LogP contribution in [-0.2, 0) is 23.9 Å². The van der Waals surface area contributed by atoms with Crippen LogP contribution in [0.25, 0.3) is 0 Å². The third kappa shape index (κ3) is 20.4. The molecular weight excluding hydrogens is 452 g/mol. The molecule has 0 aliphatic heterocycles. The second-order valence-corrected chi connectivity index (χ2v) is 11.0. The standard InChI is InChI=1S/C31H54O5/c1-25(2)29(26(3)4)21-19-17-15-13-11-9-7-6-8-10-12-14-16-18-20-22-36-31(35)30(34)24-28(33)23-27(5)32/h6-7,25-26,29H,8-24H2,1-5H3/b7-6-. The van der Waals surface area contributed by atoms with E-state index in [1.54, 1.807) is 0 Å².